The highest BCUT2D eigenvalue weighted by atomic mass is 79.9. The average molecular weight is 277 g/mol. The second kappa shape index (κ2) is 6.24. The maximum absolute atomic E-state index is 11.2. The third kappa shape index (κ3) is 3.84. The van der Waals surface area contributed by atoms with Crippen molar-refractivity contribution in [2.45, 2.75) is 24.9 Å². The molecule has 5 heteroatoms. The second-order valence-electron chi connectivity index (χ2n) is 2.83. The van der Waals surface area contributed by atoms with Crippen LogP contribution in [-0.4, -0.2) is 21.1 Å². The largest absolute Gasteiger partial charge is 0.301 e. The SMILES string of the molecule is CCCc1cc(=O)[nH]c(SCCBr)n1. The van der Waals surface area contributed by atoms with Crippen LogP contribution in [0.2, 0.25) is 0 Å². The molecule has 0 atom stereocenters. The van der Waals surface area contributed by atoms with Crippen molar-refractivity contribution >= 4 is 27.7 Å². The molecule has 0 unspecified atom stereocenters. The fourth-order valence-corrected chi connectivity index (χ4v) is 2.18. The first-order chi connectivity index (χ1) is 6.76. The number of halogens is 1. The van der Waals surface area contributed by atoms with E-state index in [4.69, 9.17) is 0 Å². The van der Waals surface area contributed by atoms with Crippen molar-refractivity contribution in [2.24, 2.45) is 0 Å². The molecule has 78 valence electrons. The predicted octanol–water partition coefficient (Wildman–Crippen LogP) is 2.21. The van der Waals surface area contributed by atoms with Crippen LogP contribution in [0.25, 0.3) is 0 Å². The molecular weight excluding hydrogens is 264 g/mol. The first-order valence-electron chi connectivity index (χ1n) is 4.55. The van der Waals surface area contributed by atoms with Crippen LogP contribution < -0.4 is 5.56 Å². The zero-order valence-electron chi connectivity index (χ0n) is 8.05. The van der Waals surface area contributed by atoms with E-state index in [-0.39, 0.29) is 5.56 Å². The van der Waals surface area contributed by atoms with Gasteiger partial charge in [-0.25, -0.2) is 4.98 Å². The number of H-pyrrole nitrogens is 1. The molecule has 0 amide bonds. The van der Waals surface area contributed by atoms with Gasteiger partial charge in [-0.05, 0) is 6.42 Å². The number of thioether (sulfide) groups is 1. The summed E-state index contributed by atoms with van der Waals surface area (Å²) in [5.41, 5.74) is 0.828. The summed E-state index contributed by atoms with van der Waals surface area (Å²) in [7, 11) is 0. The van der Waals surface area contributed by atoms with Gasteiger partial charge in [-0.3, -0.25) is 4.79 Å². The van der Waals surface area contributed by atoms with Crippen LogP contribution in [0.3, 0.4) is 0 Å². The highest BCUT2D eigenvalue weighted by molar-refractivity contribution is 9.09. The van der Waals surface area contributed by atoms with Gasteiger partial charge in [-0.15, -0.1) is 0 Å². The third-order valence-corrected chi connectivity index (χ3v) is 3.39. The summed E-state index contributed by atoms with van der Waals surface area (Å²) in [6.07, 6.45) is 1.88. The van der Waals surface area contributed by atoms with Crippen molar-refractivity contribution in [2.75, 3.05) is 11.1 Å². The summed E-state index contributed by atoms with van der Waals surface area (Å²) in [6.45, 7) is 2.08. The van der Waals surface area contributed by atoms with Gasteiger partial charge in [0.05, 0.1) is 0 Å². The van der Waals surface area contributed by atoms with Crippen molar-refractivity contribution < 1.29 is 0 Å². The quantitative estimate of drug-likeness (QED) is 0.510. The number of nitrogens with one attached hydrogen (secondary N) is 1. The molecule has 0 aromatic carbocycles. The van der Waals surface area contributed by atoms with E-state index in [0.717, 1.165) is 34.8 Å². The number of aromatic amines is 1. The van der Waals surface area contributed by atoms with E-state index < -0.39 is 0 Å². The lowest BCUT2D eigenvalue weighted by atomic mass is 10.2. The summed E-state index contributed by atoms with van der Waals surface area (Å²) in [5, 5.41) is 1.62. The van der Waals surface area contributed by atoms with E-state index in [1.54, 1.807) is 17.8 Å². The molecule has 1 heterocycles. The Morgan fingerprint density at radius 1 is 1.64 bits per heavy atom. The van der Waals surface area contributed by atoms with Gasteiger partial charge in [-0.1, -0.05) is 41.0 Å². The van der Waals surface area contributed by atoms with Crippen LogP contribution in [0.5, 0.6) is 0 Å². The van der Waals surface area contributed by atoms with Gasteiger partial charge in [0.2, 0.25) is 0 Å². The minimum Gasteiger partial charge on any atom is -0.301 e. The number of alkyl halides is 1. The number of hydrogen-bond donors (Lipinski definition) is 1. The van der Waals surface area contributed by atoms with Crippen molar-refractivity contribution in [1.29, 1.82) is 0 Å². The lowest BCUT2D eigenvalue weighted by Crippen LogP contribution is -2.10. The smallest absolute Gasteiger partial charge is 0.251 e. The van der Waals surface area contributed by atoms with Crippen molar-refractivity contribution in [3.63, 3.8) is 0 Å². The molecule has 1 N–H and O–H groups in total. The molecule has 1 aromatic heterocycles. The Morgan fingerprint density at radius 3 is 3.07 bits per heavy atom. The first kappa shape index (κ1) is 11.8. The van der Waals surface area contributed by atoms with Crippen molar-refractivity contribution in [3.05, 3.63) is 22.1 Å². The van der Waals surface area contributed by atoms with Crippen molar-refractivity contribution in [1.82, 2.24) is 9.97 Å². The summed E-state index contributed by atoms with van der Waals surface area (Å²) in [5.74, 6) is 0.915. The Morgan fingerprint density at radius 2 is 2.43 bits per heavy atom. The van der Waals surface area contributed by atoms with E-state index in [9.17, 15) is 4.79 Å². The van der Waals surface area contributed by atoms with Crippen LogP contribution in [-0.2, 0) is 6.42 Å². The molecule has 0 fully saturated rings. The molecule has 1 rings (SSSR count). The Balaban J connectivity index is 2.78. The van der Waals surface area contributed by atoms with Gasteiger partial charge in [0, 0.05) is 22.8 Å². The number of hydrogen-bond acceptors (Lipinski definition) is 3. The molecule has 3 nitrogen and oxygen atoms in total. The molecule has 14 heavy (non-hydrogen) atoms. The second-order valence-corrected chi connectivity index (χ2v) is 4.71. The molecular formula is C9H13BrN2OS. The van der Waals surface area contributed by atoms with Crippen molar-refractivity contribution in [3.8, 4) is 0 Å². The molecule has 1 aromatic rings. The average Bonchev–Trinajstić information content (AvgIpc) is 2.14. The molecule has 0 aliphatic rings. The van der Waals surface area contributed by atoms with E-state index in [1.807, 2.05) is 0 Å². The number of nitrogens with zero attached hydrogens (tertiary/aromatic N) is 1. The molecule has 0 saturated heterocycles. The van der Waals surface area contributed by atoms with E-state index in [1.165, 1.54) is 0 Å². The van der Waals surface area contributed by atoms with Crippen LogP contribution in [0.15, 0.2) is 16.0 Å². The topological polar surface area (TPSA) is 45.8 Å². The van der Waals surface area contributed by atoms with Gasteiger partial charge in [-0.2, -0.15) is 0 Å². The lowest BCUT2D eigenvalue weighted by molar-refractivity contribution is 0.816. The van der Waals surface area contributed by atoms with Gasteiger partial charge in [0.25, 0.3) is 5.56 Å². The lowest BCUT2D eigenvalue weighted by Gasteiger charge is -2.01. The fraction of sp³-hybridized carbons (Fsp3) is 0.556. The van der Waals surface area contributed by atoms with Gasteiger partial charge >= 0.3 is 0 Å². The molecule has 0 radical (unpaired) electrons. The van der Waals surface area contributed by atoms with Gasteiger partial charge in [0.1, 0.15) is 0 Å². The summed E-state index contributed by atoms with van der Waals surface area (Å²) in [6, 6.07) is 1.57. The van der Waals surface area contributed by atoms with E-state index in [0.29, 0.717) is 0 Å². The number of aromatic nitrogens is 2. The number of aryl methyl sites for hydroxylation is 1. The highest BCUT2D eigenvalue weighted by Crippen LogP contribution is 2.12. The first-order valence-corrected chi connectivity index (χ1v) is 6.66. The summed E-state index contributed by atoms with van der Waals surface area (Å²) in [4.78, 5) is 18.3. The van der Waals surface area contributed by atoms with Gasteiger partial charge in [0.15, 0.2) is 5.16 Å². The highest BCUT2D eigenvalue weighted by Gasteiger charge is 2.00. The number of rotatable bonds is 5. The molecule has 0 aliphatic heterocycles. The maximum Gasteiger partial charge on any atom is 0.251 e. The zero-order valence-corrected chi connectivity index (χ0v) is 10.4. The Bertz CT molecular complexity index is 340. The molecule has 0 bridgehead atoms. The van der Waals surface area contributed by atoms with Crippen LogP contribution in [0.4, 0.5) is 0 Å². The molecule has 0 saturated carbocycles. The molecule has 0 aliphatic carbocycles. The van der Waals surface area contributed by atoms with Crippen LogP contribution in [0.1, 0.15) is 19.0 Å². The Labute approximate surface area is 95.8 Å². The third-order valence-electron chi connectivity index (χ3n) is 1.60. The minimum atomic E-state index is -0.0551. The fourth-order valence-electron chi connectivity index (χ4n) is 1.07. The Hall–Kier alpha value is -0.290. The standard InChI is InChI=1S/C9H13BrN2OS/c1-2-3-7-6-8(13)12-9(11-7)14-5-4-10/h6H,2-5H2,1H3,(H,11,12,13). The predicted molar refractivity (Wildman–Crippen MR) is 63.4 cm³/mol. The van der Waals surface area contributed by atoms with Crippen LogP contribution >= 0.6 is 27.7 Å². The Kier molecular flexibility index (Phi) is 5.25. The monoisotopic (exact) mass is 276 g/mol. The normalized spacial score (nSPS) is 10.4. The van der Waals surface area contributed by atoms with Gasteiger partial charge < -0.3 is 4.98 Å². The van der Waals surface area contributed by atoms with E-state index in [2.05, 4.69) is 32.8 Å². The maximum atomic E-state index is 11.2. The minimum absolute atomic E-state index is 0.0551. The zero-order chi connectivity index (χ0) is 10.4. The van der Waals surface area contributed by atoms with Crippen LogP contribution in [0, 0.1) is 0 Å². The summed E-state index contributed by atoms with van der Waals surface area (Å²) < 4.78 is 0. The molecule has 0 spiro atoms. The van der Waals surface area contributed by atoms with E-state index >= 15 is 0 Å². The summed E-state index contributed by atoms with van der Waals surface area (Å²) >= 11 is 4.90.